The van der Waals surface area contributed by atoms with Gasteiger partial charge < -0.3 is 21.7 Å². The molecule has 1 fully saturated rings. The van der Waals surface area contributed by atoms with Gasteiger partial charge in [0.25, 0.3) is 0 Å². The topological polar surface area (TPSA) is 96.2 Å². The van der Waals surface area contributed by atoms with Crippen LogP contribution >= 0.6 is 0 Å². The minimum Gasteiger partial charge on any atom is -0.348 e. The molecular weight excluding hydrogens is 268 g/mol. The molecular formula is C15H30N4O2. The molecule has 0 aromatic heterocycles. The van der Waals surface area contributed by atoms with Crippen molar-refractivity contribution in [3.05, 3.63) is 0 Å². The average Bonchev–Trinajstić information content (AvgIpc) is 2.52. The molecule has 1 saturated carbocycles. The number of hydrogen-bond donors (Lipinski definition) is 4. The van der Waals surface area contributed by atoms with Gasteiger partial charge in [-0.15, -0.1) is 0 Å². The van der Waals surface area contributed by atoms with Gasteiger partial charge in [-0.25, -0.2) is 4.79 Å². The number of urea groups is 1. The van der Waals surface area contributed by atoms with E-state index in [1.807, 2.05) is 13.8 Å². The highest BCUT2D eigenvalue weighted by Gasteiger charge is 2.26. The standard InChI is InChI=1S/C15H30N4O2/c1-3-15(4-2,11-16)19-13(20)10-17-14(21)18-12-8-6-5-7-9-12/h12H,3-11,16H2,1-2H3,(H,19,20)(H2,17,18,21). The first kappa shape index (κ1) is 17.8. The summed E-state index contributed by atoms with van der Waals surface area (Å²) < 4.78 is 0. The number of hydrogen-bond acceptors (Lipinski definition) is 3. The Balaban J connectivity index is 2.29. The van der Waals surface area contributed by atoms with E-state index in [2.05, 4.69) is 16.0 Å². The Bertz CT molecular complexity index is 328. The van der Waals surface area contributed by atoms with Crippen LogP contribution in [0.3, 0.4) is 0 Å². The van der Waals surface area contributed by atoms with E-state index in [-0.39, 0.29) is 30.1 Å². The van der Waals surface area contributed by atoms with Crippen LogP contribution < -0.4 is 21.7 Å². The van der Waals surface area contributed by atoms with Crippen molar-refractivity contribution < 1.29 is 9.59 Å². The Labute approximate surface area is 127 Å². The van der Waals surface area contributed by atoms with Crippen molar-refractivity contribution in [1.29, 1.82) is 0 Å². The number of carbonyl (C=O) groups excluding carboxylic acids is 2. The average molecular weight is 298 g/mol. The zero-order valence-corrected chi connectivity index (χ0v) is 13.3. The third-order valence-electron chi connectivity index (χ3n) is 4.50. The molecule has 122 valence electrons. The van der Waals surface area contributed by atoms with Crippen LogP contribution in [0.4, 0.5) is 4.79 Å². The van der Waals surface area contributed by atoms with E-state index in [1.54, 1.807) is 0 Å². The largest absolute Gasteiger partial charge is 0.348 e. The molecule has 0 aliphatic heterocycles. The van der Waals surface area contributed by atoms with Crippen molar-refractivity contribution in [2.75, 3.05) is 13.1 Å². The molecule has 0 unspecified atom stereocenters. The first-order valence-corrected chi connectivity index (χ1v) is 8.10. The maximum absolute atomic E-state index is 11.9. The fourth-order valence-electron chi connectivity index (χ4n) is 2.75. The quantitative estimate of drug-likeness (QED) is 0.569. The Kier molecular flexibility index (Phi) is 7.50. The van der Waals surface area contributed by atoms with Crippen LogP contribution in [0.1, 0.15) is 58.8 Å². The molecule has 0 aromatic rings. The van der Waals surface area contributed by atoms with E-state index in [9.17, 15) is 9.59 Å². The van der Waals surface area contributed by atoms with E-state index < -0.39 is 0 Å². The first-order valence-electron chi connectivity index (χ1n) is 8.10. The van der Waals surface area contributed by atoms with Gasteiger partial charge in [-0.3, -0.25) is 4.79 Å². The minimum absolute atomic E-state index is 0.0136. The second kappa shape index (κ2) is 8.87. The predicted octanol–water partition coefficient (Wildman–Crippen LogP) is 1.25. The second-order valence-electron chi connectivity index (χ2n) is 5.90. The fourth-order valence-corrected chi connectivity index (χ4v) is 2.75. The predicted molar refractivity (Wildman–Crippen MR) is 83.9 cm³/mol. The highest BCUT2D eigenvalue weighted by Crippen LogP contribution is 2.17. The molecule has 3 amide bonds. The lowest BCUT2D eigenvalue weighted by Crippen LogP contribution is -2.55. The van der Waals surface area contributed by atoms with Crippen molar-refractivity contribution in [1.82, 2.24) is 16.0 Å². The Morgan fingerprint density at radius 2 is 1.76 bits per heavy atom. The van der Waals surface area contributed by atoms with Crippen LogP contribution in [0.15, 0.2) is 0 Å². The summed E-state index contributed by atoms with van der Waals surface area (Å²) in [4.78, 5) is 23.7. The summed E-state index contributed by atoms with van der Waals surface area (Å²) >= 11 is 0. The van der Waals surface area contributed by atoms with Gasteiger partial charge in [-0.1, -0.05) is 33.1 Å². The van der Waals surface area contributed by atoms with Crippen LogP contribution in [0, 0.1) is 0 Å². The molecule has 6 nitrogen and oxygen atoms in total. The van der Waals surface area contributed by atoms with Gasteiger partial charge in [-0.2, -0.15) is 0 Å². The molecule has 0 bridgehead atoms. The first-order chi connectivity index (χ1) is 10.0. The van der Waals surface area contributed by atoms with E-state index in [1.165, 1.54) is 6.42 Å². The van der Waals surface area contributed by atoms with E-state index in [4.69, 9.17) is 5.73 Å². The molecule has 0 heterocycles. The summed E-state index contributed by atoms with van der Waals surface area (Å²) in [6.07, 6.45) is 7.19. The molecule has 0 atom stereocenters. The van der Waals surface area contributed by atoms with Gasteiger partial charge in [0.1, 0.15) is 0 Å². The zero-order valence-electron chi connectivity index (χ0n) is 13.3. The molecule has 6 heteroatoms. The third kappa shape index (κ3) is 5.91. The summed E-state index contributed by atoms with van der Waals surface area (Å²) in [5, 5.41) is 8.48. The summed E-state index contributed by atoms with van der Waals surface area (Å²) in [6.45, 7) is 4.39. The summed E-state index contributed by atoms with van der Waals surface area (Å²) in [7, 11) is 0. The highest BCUT2D eigenvalue weighted by molar-refractivity contribution is 5.84. The smallest absolute Gasteiger partial charge is 0.315 e. The minimum atomic E-state index is -0.362. The number of nitrogens with one attached hydrogen (secondary N) is 3. The van der Waals surface area contributed by atoms with E-state index >= 15 is 0 Å². The molecule has 1 aliphatic rings. The Morgan fingerprint density at radius 1 is 1.14 bits per heavy atom. The van der Waals surface area contributed by atoms with Gasteiger partial charge >= 0.3 is 6.03 Å². The maximum Gasteiger partial charge on any atom is 0.315 e. The van der Waals surface area contributed by atoms with Crippen LogP contribution in [0.2, 0.25) is 0 Å². The SMILES string of the molecule is CCC(CC)(CN)NC(=O)CNC(=O)NC1CCCCC1. The summed E-state index contributed by atoms with van der Waals surface area (Å²) in [5.41, 5.74) is 5.38. The lowest BCUT2D eigenvalue weighted by molar-refractivity contribution is -0.122. The third-order valence-corrected chi connectivity index (χ3v) is 4.50. The summed E-state index contributed by atoms with van der Waals surface area (Å²) in [5.74, 6) is -0.192. The number of amides is 3. The molecule has 1 aliphatic carbocycles. The highest BCUT2D eigenvalue weighted by atomic mass is 16.2. The molecule has 0 spiro atoms. The molecule has 0 radical (unpaired) electrons. The monoisotopic (exact) mass is 298 g/mol. The van der Waals surface area contributed by atoms with Crippen LogP contribution in [0.25, 0.3) is 0 Å². The number of carbonyl (C=O) groups is 2. The van der Waals surface area contributed by atoms with Crippen molar-refractivity contribution in [2.45, 2.75) is 70.4 Å². The van der Waals surface area contributed by atoms with Crippen molar-refractivity contribution >= 4 is 11.9 Å². The lowest BCUT2D eigenvalue weighted by Gasteiger charge is -2.31. The van der Waals surface area contributed by atoms with E-state index in [0.717, 1.165) is 38.5 Å². The van der Waals surface area contributed by atoms with Gasteiger partial charge in [0.15, 0.2) is 0 Å². The van der Waals surface area contributed by atoms with Crippen molar-refractivity contribution in [3.8, 4) is 0 Å². The van der Waals surface area contributed by atoms with Crippen molar-refractivity contribution in [3.63, 3.8) is 0 Å². The number of nitrogens with two attached hydrogens (primary N) is 1. The molecule has 0 aromatic carbocycles. The van der Waals surface area contributed by atoms with Gasteiger partial charge in [0.2, 0.25) is 5.91 Å². The van der Waals surface area contributed by atoms with Gasteiger partial charge in [-0.05, 0) is 25.7 Å². The molecule has 21 heavy (non-hydrogen) atoms. The van der Waals surface area contributed by atoms with Crippen LogP contribution in [0.5, 0.6) is 0 Å². The normalized spacial score (nSPS) is 16.3. The Morgan fingerprint density at radius 3 is 2.29 bits per heavy atom. The zero-order chi connectivity index (χ0) is 15.7. The van der Waals surface area contributed by atoms with E-state index in [0.29, 0.717) is 6.54 Å². The van der Waals surface area contributed by atoms with Gasteiger partial charge in [0.05, 0.1) is 12.1 Å². The molecule has 0 saturated heterocycles. The fraction of sp³-hybridized carbons (Fsp3) is 0.867. The molecule has 5 N–H and O–H groups in total. The number of rotatable bonds is 7. The summed E-state index contributed by atoms with van der Waals surface area (Å²) in [6, 6.07) is -0.0142. The van der Waals surface area contributed by atoms with Crippen molar-refractivity contribution in [2.24, 2.45) is 5.73 Å². The van der Waals surface area contributed by atoms with Crippen LogP contribution in [-0.2, 0) is 4.79 Å². The maximum atomic E-state index is 11.9. The van der Waals surface area contributed by atoms with Gasteiger partial charge in [0, 0.05) is 12.6 Å². The molecule has 1 rings (SSSR count). The lowest BCUT2D eigenvalue weighted by atomic mass is 9.93. The Hall–Kier alpha value is -1.30. The second-order valence-corrected chi connectivity index (χ2v) is 5.90. The van der Waals surface area contributed by atoms with Crippen LogP contribution in [-0.4, -0.2) is 36.6 Å².